The van der Waals surface area contributed by atoms with E-state index < -0.39 is 0 Å². The Morgan fingerprint density at radius 2 is 2.38 bits per heavy atom. The number of aromatic nitrogens is 1. The maximum absolute atomic E-state index is 5.91. The average Bonchev–Trinajstić information content (AvgIpc) is 2.04. The summed E-state index contributed by atoms with van der Waals surface area (Å²) in [6.45, 7) is 5.79. The van der Waals surface area contributed by atoms with Crippen LogP contribution < -0.4 is 5.73 Å². The molecule has 0 unspecified atom stereocenters. The standard InChI is InChI=1S/C10H13BrN2/c1-7(2)5-9(12)10-4-3-8(11)6-13-10/h3-4,6,9H,1,5,12H2,2H3/t9-/m0/s1. The first-order valence-corrected chi connectivity index (χ1v) is 4.90. The van der Waals surface area contributed by atoms with E-state index in [2.05, 4.69) is 27.5 Å². The minimum atomic E-state index is -0.0365. The second kappa shape index (κ2) is 4.53. The number of nitrogens with zero attached hydrogens (tertiary/aromatic N) is 1. The summed E-state index contributed by atoms with van der Waals surface area (Å²) in [6, 6.07) is 3.84. The molecule has 0 aliphatic carbocycles. The highest BCUT2D eigenvalue weighted by Crippen LogP contribution is 2.17. The van der Waals surface area contributed by atoms with Gasteiger partial charge in [0, 0.05) is 10.7 Å². The van der Waals surface area contributed by atoms with Gasteiger partial charge in [0.15, 0.2) is 0 Å². The van der Waals surface area contributed by atoms with Crippen molar-refractivity contribution < 1.29 is 0 Å². The number of hydrogen-bond acceptors (Lipinski definition) is 2. The fourth-order valence-corrected chi connectivity index (χ4v) is 1.32. The first kappa shape index (κ1) is 10.4. The molecule has 0 spiro atoms. The summed E-state index contributed by atoms with van der Waals surface area (Å²) in [5, 5.41) is 0. The molecule has 0 fully saturated rings. The molecule has 0 radical (unpaired) electrons. The van der Waals surface area contributed by atoms with Crippen LogP contribution in [0.15, 0.2) is 35.0 Å². The van der Waals surface area contributed by atoms with Crippen LogP contribution in [-0.4, -0.2) is 4.98 Å². The first-order valence-electron chi connectivity index (χ1n) is 4.11. The molecule has 2 nitrogen and oxygen atoms in total. The molecule has 0 aliphatic heterocycles. The quantitative estimate of drug-likeness (QED) is 0.826. The zero-order chi connectivity index (χ0) is 9.84. The van der Waals surface area contributed by atoms with Crippen LogP contribution in [0.3, 0.4) is 0 Å². The van der Waals surface area contributed by atoms with Crippen molar-refractivity contribution in [2.45, 2.75) is 19.4 Å². The molecule has 70 valence electrons. The molecule has 0 saturated heterocycles. The summed E-state index contributed by atoms with van der Waals surface area (Å²) in [5.74, 6) is 0. The number of halogens is 1. The van der Waals surface area contributed by atoms with Crippen molar-refractivity contribution >= 4 is 15.9 Å². The van der Waals surface area contributed by atoms with Crippen LogP contribution in [0.5, 0.6) is 0 Å². The van der Waals surface area contributed by atoms with Gasteiger partial charge in [-0.1, -0.05) is 5.57 Å². The Hall–Kier alpha value is -0.670. The fourth-order valence-electron chi connectivity index (χ4n) is 1.09. The monoisotopic (exact) mass is 240 g/mol. The van der Waals surface area contributed by atoms with Gasteiger partial charge in [0.2, 0.25) is 0 Å². The lowest BCUT2D eigenvalue weighted by molar-refractivity contribution is 0.692. The summed E-state index contributed by atoms with van der Waals surface area (Å²) in [4.78, 5) is 4.22. The highest BCUT2D eigenvalue weighted by atomic mass is 79.9. The molecule has 1 atom stereocenters. The average molecular weight is 241 g/mol. The van der Waals surface area contributed by atoms with Crippen LogP contribution in [0, 0.1) is 0 Å². The lowest BCUT2D eigenvalue weighted by Crippen LogP contribution is -2.11. The van der Waals surface area contributed by atoms with E-state index >= 15 is 0 Å². The molecule has 1 aromatic heterocycles. The van der Waals surface area contributed by atoms with Crippen molar-refractivity contribution in [1.82, 2.24) is 4.98 Å². The van der Waals surface area contributed by atoms with Crippen molar-refractivity contribution in [1.29, 1.82) is 0 Å². The normalized spacial score (nSPS) is 12.5. The van der Waals surface area contributed by atoms with Gasteiger partial charge in [-0.2, -0.15) is 0 Å². The summed E-state index contributed by atoms with van der Waals surface area (Å²) >= 11 is 3.32. The van der Waals surface area contributed by atoms with Gasteiger partial charge in [-0.25, -0.2) is 0 Å². The van der Waals surface area contributed by atoms with Crippen molar-refractivity contribution in [3.8, 4) is 0 Å². The molecule has 1 heterocycles. The molecule has 0 aliphatic rings. The third-order valence-corrected chi connectivity index (χ3v) is 2.17. The minimum absolute atomic E-state index is 0.0365. The van der Waals surface area contributed by atoms with E-state index in [0.717, 1.165) is 22.2 Å². The van der Waals surface area contributed by atoms with Gasteiger partial charge in [-0.3, -0.25) is 4.98 Å². The van der Waals surface area contributed by atoms with Crippen LogP contribution in [-0.2, 0) is 0 Å². The summed E-state index contributed by atoms with van der Waals surface area (Å²) in [6.07, 6.45) is 2.54. The highest BCUT2D eigenvalue weighted by molar-refractivity contribution is 9.10. The van der Waals surface area contributed by atoms with Crippen molar-refractivity contribution in [3.63, 3.8) is 0 Å². The van der Waals surface area contributed by atoms with E-state index in [0.29, 0.717) is 0 Å². The summed E-state index contributed by atoms with van der Waals surface area (Å²) in [7, 11) is 0. The van der Waals surface area contributed by atoms with Gasteiger partial charge in [-0.05, 0) is 41.4 Å². The van der Waals surface area contributed by atoms with E-state index in [9.17, 15) is 0 Å². The molecular formula is C10H13BrN2. The second-order valence-corrected chi connectivity index (χ2v) is 4.08. The number of hydrogen-bond donors (Lipinski definition) is 1. The van der Waals surface area contributed by atoms with Gasteiger partial charge >= 0.3 is 0 Å². The molecule has 1 aromatic rings. The van der Waals surface area contributed by atoms with Crippen LogP contribution in [0.2, 0.25) is 0 Å². The summed E-state index contributed by atoms with van der Waals surface area (Å²) < 4.78 is 0.971. The highest BCUT2D eigenvalue weighted by Gasteiger charge is 2.06. The Morgan fingerprint density at radius 1 is 1.69 bits per heavy atom. The van der Waals surface area contributed by atoms with E-state index in [1.807, 2.05) is 19.1 Å². The molecule has 0 bridgehead atoms. The van der Waals surface area contributed by atoms with Crippen LogP contribution >= 0.6 is 15.9 Å². The van der Waals surface area contributed by atoms with Crippen LogP contribution in [0.4, 0.5) is 0 Å². The lowest BCUT2D eigenvalue weighted by atomic mass is 10.1. The van der Waals surface area contributed by atoms with E-state index in [1.165, 1.54) is 0 Å². The summed E-state index contributed by atoms with van der Waals surface area (Å²) in [5.41, 5.74) is 7.90. The molecule has 1 rings (SSSR count). The minimum Gasteiger partial charge on any atom is -0.322 e. The largest absolute Gasteiger partial charge is 0.322 e. The topological polar surface area (TPSA) is 38.9 Å². The Balaban J connectivity index is 2.71. The third-order valence-electron chi connectivity index (χ3n) is 1.70. The van der Waals surface area contributed by atoms with Crippen LogP contribution in [0.1, 0.15) is 25.1 Å². The smallest absolute Gasteiger partial charge is 0.0575 e. The Bertz CT molecular complexity index is 292. The predicted molar refractivity (Wildman–Crippen MR) is 58.3 cm³/mol. The van der Waals surface area contributed by atoms with Crippen molar-refractivity contribution in [2.75, 3.05) is 0 Å². The van der Waals surface area contributed by atoms with Gasteiger partial charge in [0.1, 0.15) is 0 Å². The molecule has 13 heavy (non-hydrogen) atoms. The number of nitrogens with two attached hydrogens (primary N) is 1. The lowest BCUT2D eigenvalue weighted by Gasteiger charge is -2.10. The molecule has 2 N–H and O–H groups in total. The predicted octanol–water partition coefficient (Wildman–Crippen LogP) is 2.81. The van der Waals surface area contributed by atoms with Crippen LogP contribution in [0.25, 0.3) is 0 Å². The molecule has 0 saturated carbocycles. The fraction of sp³-hybridized carbons (Fsp3) is 0.300. The van der Waals surface area contributed by atoms with Gasteiger partial charge in [0.05, 0.1) is 11.7 Å². The maximum atomic E-state index is 5.91. The SMILES string of the molecule is C=C(C)C[C@H](N)c1ccc(Br)cn1. The molecule has 3 heteroatoms. The number of pyridine rings is 1. The van der Waals surface area contributed by atoms with Gasteiger partial charge < -0.3 is 5.73 Å². The van der Waals surface area contributed by atoms with Gasteiger partial charge in [-0.15, -0.1) is 6.58 Å². The van der Waals surface area contributed by atoms with E-state index in [1.54, 1.807) is 6.20 Å². The first-order chi connectivity index (χ1) is 6.09. The maximum Gasteiger partial charge on any atom is 0.0575 e. The zero-order valence-electron chi connectivity index (χ0n) is 7.63. The van der Waals surface area contributed by atoms with Gasteiger partial charge in [0.25, 0.3) is 0 Å². The molecular weight excluding hydrogens is 228 g/mol. The van der Waals surface area contributed by atoms with E-state index in [-0.39, 0.29) is 6.04 Å². The Morgan fingerprint density at radius 3 is 2.85 bits per heavy atom. The van der Waals surface area contributed by atoms with E-state index in [4.69, 9.17) is 5.73 Å². The second-order valence-electron chi connectivity index (χ2n) is 3.17. The number of rotatable bonds is 3. The Labute approximate surface area is 87.0 Å². The molecule has 0 aromatic carbocycles. The van der Waals surface area contributed by atoms with Crippen molar-refractivity contribution in [2.24, 2.45) is 5.73 Å². The van der Waals surface area contributed by atoms with Crippen molar-refractivity contribution in [3.05, 3.63) is 40.6 Å². The Kier molecular flexibility index (Phi) is 3.63. The molecule has 0 amide bonds. The zero-order valence-corrected chi connectivity index (χ0v) is 9.21. The third kappa shape index (κ3) is 3.28.